The van der Waals surface area contributed by atoms with E-state index in [0.717, 1.165) is 13.1 Å². The zero-order valence-corrected chi connectivity index (χ0v) is 14.8. The van der Waals surface area contributed by atoms with Crippen molar-refractivity contribution in [1.82, 2.24) is 4.90 Å². The molecule has 23 heavy (non-hydrogen) atoms. The molecule has 1 aromatic carbocycles. The summed E-state index contributed by atoms with van der Waals surface area (Å²) < 4.78 is 5.62. The van der Waals surface area contributed by atoms with Gasteiger partial charge in [-0.2, -0.15) is 0 Å². The predicted molar refractivity (Wildman–Crippen MR) is 94.7 cm³/mol. The van der Waals surface area contributed by atoms with E-state index in [2.05, 4.69) is 11.8 Å². The van der Waals surface area contributed by atoms with Crippen molar-refractivity contribution in [2.24, 2.45) is 5.92 Å². The number of likely N-dealkylation sites (tertiary alicyclic amines) is 1. The van der Waals surface area contributed by atoms with Gasteiger partial charge in [-0.05, 0) is 49.6 Å². The maximum Gasteiger partial charge on any atom is 0.162 e. The van der Waals surface area contributed by atoms with Gasteiger partial charge in [-0.15, -0.1) is 12.4 Å². The average Bonchev–Trinajstić information content (AvgIpc) is 2.52. The van der Waals surface area contributed by atoms with Crippen molar-refractivity contribution in [2.45, 2.75) is 39.2 Å². The van der Waals surface area contributed by atoms with Gasteiger partial charge < -0.3 is 14.7 Å². The summed E-state index contributed by atoms with van der Waals surface area (Å²) in [5.41, 5.74) is 0.706. The van der Waals surface area contributed by atoms with Crippen LogP contribution in [0.5, 0.6) is 5.75 Å². The average molecular weight is 342 g/mol. The number of piperidine rings is 1. The normalized spacial score (nSPS) is 19.7. The van der Waals surface area contributed by atoms with E-state index < -0.39 is 6.10 Å². The zero-order chi connectivity index (χ0) is 15.9. The molecule has 0 amide bonds. The molecule has 0 aromatic heterocycles. The highest BCUT2D eigenvalue weighted by Crippen LogP contribution is 2.16. The topological polar surface area (TPSA) is 49.8 Å². The van der Waals surface area contributed by atoms with Gasteiger partial charge in [0, 0.05) is 25.1 Å². The molecule has 1 fully saturated rings. The van der Waals surface area contributed by atoms with E-state index in [-0.39, 0.29) is 24.8 Å². The van der Waals surface area contributed by atoms with Gasteiger partial charge in [0.15, 0.2) is 5.78 Å². The van der Waals surface area contributed by atoms with E-state index >= 15 is 0 Å². The number of carbonyl (C=O) groups is 1. The minimum absolute atomic E-state index is 0. The van der Waals surface area contributed by atoms with Crippen LogP contribution in [0.3, 0.4) is 0 Å². The van der Waals surface area contributed by atoms with E-state index in [4.69, 9.17) is 4.74 Å². The highest BCUT2D eigenvalue weighted by Gasteiger charge is 2.19. The van der Waals surface area contributed by atoms with Crippen LogP contribution in [0.2, 0.25) is 0 Å². The van der Waals surface area contributed by atoms with Crippen molar-refractivity contribution in [2.75, 3.05) is 26.2 Å². The van der Waals surface area contributed by atoms with Crippen LogP contribution in [0, 0.1) is 5.92 Å². The molecule has 1 aliphatic heterocycles. The van der Waals surface area contributed by atoms with Crippen molar-refractivity contribution in [3.05, 3.63) is 29.8 Å². The van der Waals surface area contributed by atoms with Crippen LogP contribution >= 0.6 is 12.4 Å². The first kappa shape index (κ1) is 19.9. The number of β-amino-alcohol motifs (C(OH)–C–C–N with tert-alkyl or cyclic N) is 1. The summed E-state index contributed by atoms with van der Waals surface area (Å²) in [5.74, 6) is 1.54. The number of aliphatic hydroxyl groups is 1. The lowest BCUT2D eigenvalue weighted by Crippen LogP contribution is -2.41. The number of hydrogen-bond acceptors (Lipinski definition) is 4. The van der Waals surface area contributed by atoms with Crippen LogP contribution in [0.25, 0.3) is 0 Å². The summed E-state index contributed by atoms with van der Waals surface area (Å²) >= 11 is 0. The van der Waals surface area contributed by atoms with Crippen molar-refractivity contribution < 1.29 is 14.6 Å². The fourth-order valence-corrected chi connectivity index (χ4v) is 2.94. The number of Topliss-reactive ketones (excluding diaryl/α,β-unsaturated/α-hetero) is 1. The number of ketones is 1. The molecular weight excluding hydrogens is 314 g/mol. The lowest BCUT2D eigenvalue weighted by atomic mass is 10.0. The first-order chi connectivity index (χ1) is 10.6. The molecule has 4 nitrogen and oxygen atoms in total. The molecule has 130 valence electrons. The molecule has 1 saturated heterocycles. The Balaban J connectivity index is 0.00000264. The van der Waals surface area contributed by atoms with Crippen molar-refractivity contribution in [3.63, 3.8) is 0 Å². The molecule has 1 N–H and O–H groups in total. The molecule has 0 aliphatic carbocycles. The third-order valence-corrected chi connectivity index (χ3v) is 4.15. The molecule has 1 aliphatic rings. The molecule has 0 spiro atoms. The minimum atomic E-state index is -0.484. The molecule has 5 heteroatoms. The fraction of sp³-hybridized carbons (Fsp3) is 0.611. The van der Waals surface area contributed by atoms with E-state index in [9.17, 15) is 9.90 Å². The Hall–Kier alpha value is -1.10. The van der Waals surface area contributed by atoms with Crippen LogP contribution in [0.4, 0.5) is 0 Å². The SMILES string of the molecule is CCC(=O)c1ccc(OCC(O)CN2CCCC(C)C2)cc1.Cl. The molecule has 2 unspecified atom stereocenters. The largest absolute Gasteiger partial charge is 0.491 e. The summed E-state index contributed by atoms with van der Waals surface area (Å²) in [6, 6.07) is 7.14. The number of aliphatic hydroxyl groups excluding tert-OH is 1. The fourth-order valence-electron chi connectivity index (χ4n) is 2.94. The number of carbonyl (C=O) groups excluding carboxylic acids is 1. The van der Waals surface area contributed by atoms with Gasteiger partial charge in [-0.1, -0.05) is 13.8 Å². The Morgan fingerprint density at radius 3 is 2.70 bits per heavy atom. The molecule has 1 aromatic rings. The highest BCUT2D eigenvalue weighted by atomic mass is 35.5. The van der Waals surface area contributed by atoms with Crippen LogP contribution in [-0.4, -0.2) is 48.1 Å². The van der Waals surface area contributed by atoms with Crippen LogP contribution in [0.1, 0.15) is 43.5 Å². The van der Waals surface area contributed by atoms with Crippen molar-refractivity contribution >= 4 is 18.2 Å². The number of halogens is 1. The lowest BCUT2D eigenvalue weighted by molar-refractivity contribution is 0.0537. The van der Waals surface area contributed by atoms with Gasteiger partial charge in [-0.25, -0.2) is 0 Å². The molecule has 1 heterocycles. The van der Waals surface area contributed by atoms with E-state index in [1.807, 2.05) is 6.92 Å². The van der Waals surface area contributed by atoms with Gasteiger partial charge >= 0.3 is 0 Å². The molecular formula is C18H28ClNO3. The predicted octanol–water partition coefficient (Wildman–Crippen LogP) is 3.17. The summed E-state index contributed by atoms with van der Waals surface area (Å²) in [5, 5.41) is 10.1. The first-order valence-corrected chi connectivity index (χ1v) is 8.25. The first-order valence-electron chi connectivity index (χ1n) is 8.25. The zero-order valence-electron chi connectivity index (χ0n) is 14.0. The third kappa shape index (κ3) is 6.50. The molecule has 0 saturated carbocycles. The molecule has 0 bridgehead atoms. The Kier molecular flexibility index (Phi) is 8.59. The van der Waals surface area contributed by atoms with Crippen molar-refractivity contribution in [3.8, 4) is 5.75 Å². The number of rotatable bonds is 7. The summed E-state index contributed by atoms with van der Waals surface area (Å²) in [6.45, 7) is 7.18. The van der Waals surface area contributed by atoms with Crippen LogP contribution in [0.15, 0.2) is 24.3 Å². The second-order valence-corrected chi connectivity index (χ2v) is 6.27. The highest BCUT2D eigenvalue weighted by molar-refractivity contribution is 5.95. The molecule has 2 atom stereocenters. The number of benzene rings is 1. The number of ether oxygens (including phenoxy) is 1. The smallest absolute Gasteiger partial charge is 0.162 e. The van der Waals surface area contributed by atoms with Gasteiger partial charge in [0.1, 0.15) is 18.5 Å². The van der Waals surface area contributed by atoms with E-state index in [1.54, 1.807) is 24.3 Å². The monoisotopic (exact) mass is 341 g/mol. The Labute approximate surface area is 145 Å². The molecule has 2 rings (SSSR count). The summed E-state index contributed by atoms with van der Waals surface area (Å²) in [4.78, 5) is 13.9. The quantitative estimate of drug-likeness (QED) is 0.774. The maximum atomic E-state index is 11.6. The summed E-state index contributed by atoms with van der Waals surface area (Å²) in [6.07, 6.45) is 2.52. The van der Waals surface area contributed by atoms with E-state index in [1.165, 1.54) is 12.8 Å². The Bertz CT molecular complexity index is 478. The molecule has 0 radical (unpaired) electrons. The van der Waals surface area contributed by atoms with E-state index in [0.29, 0.717) is 30.2 Å². The summed E-state index contributed by atoms with van der Waals surface area (Å²) in [7, 11) is 0. The van der Waals surface area contributed by atoms with Gasteiger partial charge in [0.2, 0.25) is 0 Å². The Morgan fingerprint density at radius 2 is 2.09 bits per heavy atom. The van der Waals surface area contributed by atoms with Crippen LogP contribution in [-0.2, 0) is 0 Å². The van der Waals surface area contributed by atoms with Crippen LogP contribution < -0.4 is 4.74 Å². The van der Waals surface area contributed by atoms with Gasteiger partial charge in [0.25, 0.3) is 0 Å². The van der Waals surface area contributed by atoms with Gasteiger partial charge in [-0.3, -0.25) is 4.79 Å². The minimum Gasteiger partial charge on any atom is -0.491 e. The standard InChI is InChI=1S/C18H27NO3.ClH/c1-3-18(21)15-6-8-17(9-7-15)22-13-16(20)12-19-10-4-5-14(2)11-19;/h6-9,14,16,20H,3-5,10-13H2,1-2H3;1H. The third-order valence-electron chi connectivity index (χ3n) is 4.15. The lowest BCUT2D eigenvalue weighted by Gasteiger charge is -2.32. The number of nitrogens with zero attached hydrogens (tertiary/aromatic N) is 1. The number of hydrogen-bond donors (Lipinski definition) is 1. The Morgan fingerprint density at radius 1 is 1.39 bits per heavy atom. The second kappa shape index (κ2) is 9.91. The second-order valence-electron chi connectivity index (χ2n) is 6.27. The maximum absolute atomic E-state index is 11.6. The van der Waals surface area contributed by atoms with Crippen molar-refractivity contribution in [1.29, 1.82) is 0 Å². The van der Waals surface area contributed by atoms with Gasteiger partial charge in [0.05, 0.1) is 0 Å².